The molecule has 0 radical (unpaired) electrons. The summed E-state index contributed by atoms with van der Waals surface area (Å²) in [5, 5.41) is 4.23. The Morgan fingerprint density at radius 2 is 1.61 bits per heavy atom. The first-order chi connectivity index (χ1) is 15.1. The Hall–Kier alpha value is -2.12. The fourth-order valence-corrected chi connectivity index (χ4v) is 3.04. The van der Waals surface area contributed by atoms with Crippen LogP contribution in [0.3, 0.4) is 0 Å². The van der Waals surface area contributed by atoms with Crippen LogP contribution in [0.25, 0.3) is 0 Å². The van der Waals surface area contributed by atoms with Crippen molar-refractivity contribution in [2.75, 3.05) is 19.8 Å². The maximum absolute atomic E-state index is 11.9. The molecule has 7 heteroatoms. The molecule has 0 N–H and O–H groups in total. The van der Waals surface area contributed by atoms with Crippen molar-refractivity contribution in [1.29, 1.82) is 0 Å². The predicted molar refractivity (Wildman–Crippen MR) is 117 cm³/mol. The molecule has 0 aliphatic heterocycles. The van der Waals surface area contributed by atoms with Gasteiger partial charge in [-0.2, -0.15) is 0 Å². The van der Waals surface area contributed by atoms with Gasteiger partial charge >= 0.3 is 12.1 Å². The van der Waals surface area contributed by atoms with Crippen LogP contribution in [0.15, 0.2) is 24.3 Å². The number of benzene rings is 1. The molecular formula is C24H38O7. The minimum atomic E-state index is -1.10. The van der Waals surface area contributed by atoms with E-state index in [0.29, 0.717) is 18.1 Å². The molecule has 0 saturated carbocycles. The van der Waals surface area contributed by atoms with Crippen LogP contribution in [-0.2, 0) is 30.7 Å². The summed E-state index contributed by atoms with van der Waals surface area (Å²) in [6.45, 7) is 7.42. The first-order valence-corrected chi connectivity index (χ1v) is 11.5. The molecule has 31 heavy (non-hydrogen) atoms. The van der Waals surface area contributed by atoms with Gasteiger partial charge in [0.2, 0.25) is 0 Å². The topological polar surface area (TPSA) is 80.3 Å². The van der Waals surface area contributed by atoms with Crippen molar-refractivity contribution in [1.82, 2.24) is 0 Å². The third-order valence-electron chi connectivity index (χ3n) is 5.06. The number of rotatable bonds is 17. The average Bonchev–Trinajstić information content (AvgIpc) is 2.79. The molecule has 0 spiro atoms. The third kappa shape index (κ3) is 13.0. The van der Waals surface area contributed by atoms with Crippen LogP contribution >= 0.6 is 0 Å². The molecule has 1 aromatic rings. The minimum absolute atomic E-state index is 0.0278. The lowest BCUT2D eigenvalue weighted by Gasteiger charge is -2.14. The molecule has 0 amide bonds. The molecule has 176 valence electrons. The number of hydrogen-bond acceptors (Lipinski definition) is 7. The van der Waals surface area contributed by atoms with Crippen LogP contribution in [0.5, 0.6) is 0 Å². The number of unbranched alkanes of at least 4 members (excludes halogenated alkanes) is 4. The van der Waals surface area contributed by atoms with E-state index in [1.54, 1.807) is 12.1 Å². The normalized spacial score (nSPS) is 11.7. The summed E-state index contributed by atoms with van der Waals surface area (Å²) < 4.78 is 10.3. The molecule has 0 heterocycles. The van der Waals surface area contributed by atoms with Gasteiger partial charge in [0.1, 0.15) is 6.61 Å². The Morgan fingerprint density at radius 1 is 0.871 bits per heavy atom. The Labute approximate surface area is 186 Å². The molecule has 0 aliphatic carbocycles. The molecule has 1 rings (SSSR count). The van der Waals surface area contributed by atoms with Gasteiger partial charge in [0.25, 0.3) is 0 Å². The summed E-state index contributed by atoms with van der Waals surface area (Å²) in [6, 6.07) is 7.06. The quantitative estimate of drug-likeness (QED) is 0.124. The van der Waals surface area contributed by atoms with E-state index in [1.165, 1.54) is 32.1 Å². The van der Waals surface area contributed by atoms with Gasteiger partial charge in [-0.25, -0.2) is 14.5 Å². The van der Waals surface area contributed by atoms with Gasteiger partial charge in [-0.3, -0.25) is 4.89 Å². The van der Waals surface area contributed by atoms with Crippen molar-refractivity contribution < 1.29 is 33.9 Å². The van der Waals surface area contributed by atoms with E-state index in [-0.39, 0.29) is 13.2 Å². The summed E-state index contributed by atoms with van der Waals surface area (Å²) in [4.78, 5) is 32.1. The van der Waals surface area contributed by atoms with E-state index in [2.05, 4.69) is 35.6 Å². The van der Waals surface area contributed by atoms with Crippen LogP contribution in [0.2, 0.25) is 0 Å². The van der Waals surface area contributed by atoms with Crippen LogP contribution < -0.4 is 0 Å². The van der Waals surface area contributed by atoms with Crippen molar-refractivity contribution in [3.05, 3.63) is 35.4 Å². The second-order valence-electron chi connectivity index (χ2n) is 7.62. The first kappa shape index (κ1) is 26.9. The SMILES string of the molecule is CCCCCCc1ccc(C(=O)OOOC(=O)OCCOCC(CC)CCCC)cc1. The number of hydrogen-bond donors (Lipinski definition) is 0. The maximum Gasteiger partial charge on any atom is 0.543 e. The standard InChI is InChI=1S/C24H38O7/c1-4-7-9-10-12-21-13-15-22(16-14-21)23(25)29-31-30-24(26)28-18-17-27-19-20(6-3)11-8-5-2/h13-16,20H,4-12,17-19H2,1-3H3. The van der Waals surface area contributed by atoms with E-state index in [0.717, 1.165) is 31.2 Å². The summed E-state index contributed by atoms with van der Waals surface area (Å²) in [5.41, 5.74) is 1.46. The fourth-order valence-electron chi connectivity index (χ4n) is 3.04. The molecule has 0 aromatic heterocycles. The summed E-state index contributed by atoms with van der Waals surface area (Å²) >= 11 is 0. The molecule has 1 unspecified atom stereocenters. The van der Waals surface area contributed by atoms with Crippen molar-refractivity contribution in [2.24, 2.45) is 5.92 Å². The highest BCUT2D eigenvalue weighted by atomic mass is 17.5. The Balaban J connectivity index is 2.13. The predicted octanol–water partition coefficient (Wildman–Crippen LogP) is 6.20. The lowest BCUT2D eigenvalue weighted by molar-refractivity contribution is -0.452. The lowest BCUT2D eigenvalue weighted by Crippen LogP contribution is -2.16. The van der Waals surface area contributed by atoms with E-state index < -0.39 is 12.1 Å². The number of carbonyl (C=O) groups is 2. The minimum Gasteiger partial charge on any atom is -0.430 e. The molecule has 1 atom stereocenters. The van der Waals surface area contributed by atoms with Crippen molar-refractivity contribution in [2.45, 2.75) is 78.6 Å². The highest BCUT2D eigenvalue weighted by Crippen LogP contribution is 2.13. The number of ether oxygens (including phenoxy) is 2. The van der Waals surface area contributed by atoms with E-state index in [1.807, 2.05) is 12.1 Å². The van der Waals surface area contributed by atoms with E-state index in [9.17, 15) is 9.59 Å². The average molecular weight is 439 g/mol. The van der Waals surface area contributed by atoms with Gasteiger partial charge in [-0.1, -0.05) is 71.4 Å². The summed E-state index contributed by atoms with van der Waals surface area (Å²) in [6.07, 6.45) is 9.18. The first-order valence-electron chi connectivity index (χ1n) is 11.5. The van der Waals surface area contributed by atoms with Crippen LogP contribution in [0, 0.1) is 5.92 Å². The molecule has 0 bridgehead atoms. The second-order valence-corrected chi connectivity index (χ2v) is 7.62. The van der Waals surface area contributed by atoms with Gasteiger partial charge in [0, 0.05) is 6.61 Å². The van der Waals surface area contributed by atoms with Crippen molar-refractivity contribution in [3.63, 3.8) is 0 Å². The number of carbonyl (C=O) groups excluding carboxylic acids is 2. The van der Waals surface area contributed by atoms with Crippen LogP contribution in [-0.4, -0.2) is 31.9 Å². The molecular weight excluding hydrogens is 400 g/mol. The monoisotopic (exact) mass is 438 g/mol. The highest BCUT2D eigenvalue weighted by molar-refractivity contribution is 5.88. The summed E-state index contributed by atoms with van der Waals surface area (Å²) in [7, 11) is 0. The van der Waals surface area contributed by atoms with Gasteiger partial charge < -0.3 is 9.47 Å². The van der Waals surface area contributed by atoms with Crippen molar-refractivity contribution in [3.8, 4) is 0 Å². The zero-order valence-electron chi connectivity index (χ0n) is 19.2. The fraction of sp³-hybridized carbons (Fsp3) is 0.667. The Bertz CT molecular complexity index is 600. The second kappa shape index (κ2) is 17.5. The third-order valence-corrected chi connectivity index (χ3v) is 5.06. The van der Waals surface area contributed by atoms with Gasteiger partial charge in [-0.05, 0) is 42.9 Å². The van der Waals surface area contributed by atoms with E-state index >= 15 is 0 Å². The highest BCUT2D eigenvalue weighted by Gasteiger charge is 2.12. The zero-order valence-corrected chi connectivity index (χ0v) is 19.2. The largest absolute Gasteiger partial charge is 0.543 e. The Kier molecular flexibility index (Phi) is 15.2. The van der Waals surface area contributed by atoms with Gasteiger partial charge in [0.05, 0.1) is 17.2 Å². The summed E-state index contributed by atoms with van der Waals surface area (Å²) in [5.74, 6) is -0.240. The van der Waals surface area contributed by atoms with Crippen LogP contribution in [0.1, 0.15) is 88.1 Å². The Morgan fingerprint density at radius 3 is 2.29 bits per heavy atom. The van der Waals surface area contributed by atoms with Crippen molar-refractivity contribution >= 4 is 12.1 Å². The molecule has 0 aliphatic rings. The smallest absolute Gasteiger partial charge is 0.430 e. The van der Waals surface area contributed by atoms with Gasteiger partial charge in [0.15, 0.2) is 0 Å². The lowest BCUT2D eigenvalue weighted by atomic mass is 10.0. The van der Waals surface area contributed by atoms with E-state index in [4.69, 9.17) is 9.47 Å². The molecule has 1 aromatic carbocycles. The van der Waals surface area contributed by atoms with Gasteiger partial charge in [-0.15, -0.1) is 0 Å². The van der Waals surface area contributed by atoms with Crippen LogP contribution in [0.4, 0.5) is 4.79 Å². The molecule has 0 saturated heterocycles. The molecule has 0 fully saturated rings. The maximum atomic E-state index is 11.9. The molecule has 7 nitrogen and oxygen atoms in total. The zero-order chi connectivity index (χ0) is 22.7. The number of aryl methyl sites for hydroxylation is 1.